The van der Waals surface area contributed by atoms with Gasteiger partial charge in [0.05, 0.1) is 6.61 Å². The van der Waals surface area contributed by atoms with Crippen molar-refractivity contribution in [3.05, 3.63) is 42.5 Å². The van der Waals surface area contributed by atoms with Crippen LogP contribution in [0.15, 0.2) is 31.4 Å². The largest absolute Gasteiger partial charge is 0.487 e. The van der Waals surface area contributed by atoms with E-state index in [2.05, 4.69) is 26.1 Å². The molecule has 1 aliphatic heterocycles. The molecule has 3 nitrogen and oxygen atoms in total. The molecule has 20 heavy (non-hydrogen) atoms. The molecular formula is C17H28O3. The highest BCUT2D eigenvalue weighted by Gasteiger charge is 2.26. The van der Waals surface area contributed by atoms with Gasteiger partial charge >= 0.3 is 0 Å². The Hall–Kier alpha value is -1.32. The third kappa shape index (κ3) is 5.35. The summed E-state index contributed by atoms with van der Waals surface area (Å²) >= 11 is 0. The summed E-state index contributed by atoms with van der Waals surface area (Å²) in [6.45, 7) is 12.4. The first kappa shape index (κ1) is 18.7. The molecule has 0 radical (unpaired) electrons. The highest BCUT2D eigenvalue weighted by Crippen LogP contribution is 2.29. The number of fused-ring (bicyclic) bond motifs is 1. The zero-order valence-corrected chi connectivity index (χ0v) is 13.2. The fourth-order valence-corrected chi connectivity index (χ4v) is 2.09. The van der Waals surface area contributed by atoms with Gasteiger partial charge in [0.2, 0.25) is 0 Å². The van der Waals surface area contributed by atoms with E-state index in [0.717, 1.165) is 18.6 Å². The summed E-state index contributed by atoms with van der Waals surface area (Å²) in [5, 5.41) is 9.80. The normalized spacial score (nSPS) is 17.4. The molecule has 1 aliphatic rings. The Bertz CT molecular complexity index is 376. The molecule has 0 spiro atoms. The number of methoxy groups -OCH3 is 1. The molecule has 0 bridgehead atoms. The second kappa shape index (κ2) is 10.5. The van der Waals surface area contributed by atoms with Gasteiger partial charge in [0.25, 0.3) is 0 Å². The number of aliphatic hydroxyl groups is 1. The van der Waals surface area contributed by atoms with E-state index in [-0.39, 0.29) is 6.10 Å². The molecule has 0 aliphatic carbocycles. The van der Waals surface area contributed by atoms with Crippen LogP contribution in [0.25, 0.3) is 0 Å². The maximum absolute atomic E-state index is 9.80. The molecule has 1 N–H and O–H groups in total. The Morgan fingerprint density at radius 1 is 1.40 bits per heavy atom. The molecule has 1 aromatic carbocycles. The number of ether oxygens (including phenoxy) is 2. The van der Waals surface area contributed by atoms with Crippen molar-refractivity contribution < 1.29 is 14.6 Å². The number of rotatable bonds is 3. The maximum atomic E-state index is 9.80. The summed E-state index contributed by atoms with van der Waals surface area (Å²) in [5.41, 5.74) is 2.49. The number of benzene rings is 1. The minimum Gasteiger partial charge on any atom is -0.487 e. The Kier molecular flexibility index (Phi) is 9.77. The summed E-state index contributed by atoms with van der Waals surface area (Å²) in [5.74, 6) is 0.900. The van der Waals surface area contributed by atoms with E-state index >= 15 is 0 Å². The number of aryl methyl sites for hydroxylation is 2. The first-order valence-corrected chi connectivity index (χ1v) is 7.14. The van der Waals surface area contributed by atoms with Crippen molar-refractivity contribution in [3.8, 4) is 5.75 Å². The van der Waals surface area contributed by atoms with Crippen molar-refractivity contribution in [1.29, 1.82) is 0 Å². The molecule has 0 amide bonds. The summed E-state index contributed by atoms with van der Waals surface area (Å²) in [6, 6.07) is 6.16. The van der Waals surface area contributed by atoms with Crippen LogP contribution in [0.1, 0.15) is 31.4 Å². The fourth-order valence-electron chi connectivity index (χ4n) is 2.09. The van der Waals surface area contributed by atoms with Gasteiger partial charge in [-0.25, -0.2) is 0 Å². The molecule has 3 heteroatoms. The van der Waals surface area contributed by atoms with Crippen molar-refractivity contribution in [1.82, 2.24) is 0 Å². The summed E-state index contributed by atoms with van der Waals surface area (Å²) in [4.78, 5) is 0. The van der Waals surface area contributed by atoms with Gasteiger partial charge in [-0.3, -0.25) is 0 Å². The van der Waals surface area contributed by atoms with E-state index < -0.39 is 6.10 Å². The Morgan fingerprint density at radius 2 is 2.05 bits per heavy atom. The predicted octanol–water partition coefficient (Wildman–Crippen LogP) is 3.52. The lowest BCUT2D eigenvalue weighted by Crippen LogP contribution is -2.37. The topological polar surface area (TPSA) is 38.7 Å². The molecule has 1 aromatic rings. The van der Waals surface area contributed by atoms with E-state index in [1.54, 1.807) is 7.11 Å². The number of aliphatic hydroxyl groups excluding tert-OH is 1. The SMILES string of the molecule is C=C.CC.COCC(O)C1CCc2cc(C)ccc2O1. The van der Waals surface area contributed by atoms with Crippen LogP contribution in [0, 0.1) is 6.92 Å². The number of hydrogen-bond donors (Lipinski definition) is 1. The quantitative estimate of drug-likeness (QED) is 0.861. The van der Waals surface area contributed by atoms with Gasteiger partial charge in [-0.15, -0.1) is 13.2 Å². The van der Waals surface area contributed by atoms with Gasteiger partial charge < -0.3 is 14.6 Å². The Labute approximate surface area is 123 Å². The van der Waals surface area contributed by atoms with E-state index in [1.165, 1.54) is 11.1 Å². The molecule has 0 fully saturated rings. The van der Waals surface area contributed by atoms with Crippen molar-refractivity contribution in [3.63, 3.8) is 0 Å². The van der Waals surface area contributed by atoms with Crippen LogP contribution in [0.4, 0.5) is 0 Å². The average Bonchev–Trinajstić information content (AvgIpc) is 2.51. The molecule has 2 atom stereocenters. The predicted molar refractivity (Wildman–Crippen MR) is 84.4 cm³/mol. The smallest absolute Gasteiger partial charge is 0.127 e. The van der Waals surface area contributed by atoms with Crippen LogP contribution in [-0.2, 0) is 11.2 Å². The molecule has 2 rings (SSSR count). The van der Waals surface area contributed by atoms with Gasteiger partial charge in [-0.1, -0.05) is 31.5 Å². The molecule has 114 valence electrons. The Morgan fingerprint density at radius 3 is 2.65 bits per heavy atom. The summed E-state index contributed by atoms with van der Waals surface area (Å²) < 4.78 is 10.7. The third-order valence-electron chi connectivity index (χ3n) is 2.96. The van der Waals surface area contributed by atoms with Gasteiger partial charge in [-0.05, 0) is 31.4 Å². The lowest BCUT2D eigenvalue weighted by molar-refractivity contribution is -0.0219. The molecule has 0 aromatic heterocycles. The van der Waals surface area contributed by atoms with Crippen molar-refractivity contribution in [2.75, 3.05) is 13.7 Å². The maximum Gasteiger partial charge on any atom is 0.127 e. The van der Waals surface area contributed by atoms with Crippen molar-refractivity contribution in [2.24, 2.45) is 0 Å². The van der Waals surface area contributed by atoms with E-state index in [9.17, 15) is 5.11 Å². The highest BCUT2D eigenvalue weighted by atomic mass is 16.5. The lowest BCUT2D eigenvalue weighted by atomic mass is 9.98. The van der Waals surface area contributed by atoms with Gasteiger partial charge in [-0.2, -0.15) is 0 Å². The van der Waals surface area contributed by atoms with Crippen molar-refractivity contribution in [2.45, 2.75) is 45.8 Å². The van der Waals surface area contributed by atoms with Crippen LogP contribution < -0.4 is 4.74 Å². The fraction of sp³-hybridized carbons (Fsp3) is 0.529. The summed E-state index contributed by atoms with van der Waals surface area (Å²) in [7, 11) is 1.59. The monoisotopic (exact) mass is 280 g/mol. The first-order chi connectivity index (χ1) is 9.70. The zero-order valence-electron chi connectivity index (χ0n) is 13.2. The van der Waals surface area contributed by atoms with Crippen molar-refractivity contribution >= 4 is 0 Å². The molecule has 0 saturated heterocycles. The van der Waals surface area contributed by atoms with Crippen LogP contribution in [-0.4, -0.2) is 31.0 Å². The average molecular weight is 280 g/mol. The Balaban J connectivity index is 0.000000829. The molecular weight excluding hydrogens is 252 g/mol. The van der Waals surface area contributed by atoms with E-state index in [0.29, 0.717) is 6.61 Å². The lowest BCUT2D eigenvalue weighted by Gasteiger charge is -2.29. The van der Waals surface area contributed by atoms with Crippen LogP contribution in [0.3, 0.4) is 0 Å². The van der Waals surface area contributed by atoms with E-state index in [4.69, 9.17) is 9.47 Å². The standard InChI is InChI=1S/C13H18O3.C2H6.C2H4/c1-9-3-5-12-10(7-9)4-6-13(16-12)11(14)8-15-2;2*1-2/h3,5,7,11,13-14H,4,6,8H2,1-2H3;1-2H3;1-2H2. The first-order valence-electron chi connectivity index (χ1n) is 7.14. The molecule has 2 unspecified atom stereocenters. The number of hydrogen-bond acceptors (Lipinski definition) is 3. The molecule has 1 heterocycles. The van der Waals surface area contributed by atoms with Gasteiger partial charge in [0.15, 0.2) is 0 Å². The van der Waals surface area contributed by atoms with Crippen LogP contribution >= 0.6 is 0 Å². The summed E-state index contributed by atoms with van der Waals surface area (Å²) in [6.07, 6.45) is 1.12. The third-order valence-corrected chi connectivity index (χ3v) is 2.96. The molecule has 0 saturated carbocycles. The van der Waals surface area contributed by atoms with Crippen LogP contribution in [0.2, 0.25) is 0 Å². The van der Waals surface area contributed by atoms with E-state index in [1.807, 2.05) is 26.0 Å². The second-order valence-electron chi connectivity index (χ2n) is 4.33. The van der Waals surface area contributed by atoms with Gasteiger partial charge in [0.1, 0.15) is 18.0 Å². The minimum absolute atomic E-state index is 0.143. The zero-order chi connectivity index (χ0) is 15.5. The highest BCUT2D eigenvalue weighted by molar-refractivity contribution is 5.38. The minimum atomic E-state index is -0.542. The van der Waals surface area contributed by atoms with Crippen LogP contribution in [0.5, 0.6) is 5.75 Å². The van der Waals surface area contributed by atoms with Gasteiger partial charge in [0, 0.05) is 7.11 Å². The second-order valence-corrected chi connectivity index (χ2v) is 4.33.